The summed E-state index contributed by atoms with van der Waals surface area (Å²) < 4.78 is 5.46. The number of carbonyl (C=O) groups excluding carboxylic acids is 2. The smallest absolute Gasteiger partial charge is 0.246 e. The second kappa shape index (κ2) is 12.9. The molecule has 1 aromatic carbocycles. The van der Waals surface area contributed by atoms with Crippen molar-refractivity contribution in [3.63, 3.8) is 0 Å². The van der Waals surface area contributed by atoms with E-state index in [1.165, 1.54) is 43.2 Å². The van der Waals surface area contributed by atoms with Crippen molar-refractivity contribution in [3.8, 4) is 0 Å². The van der Waals surface area contributed by atoms with Gasteiger partial charge < -0.3 is 15.0 Å². The summed E-state index contributed by atoms with van der Waals surface area (Å²) in [6, 6.07) is 8.67. The van der Waals surface area contributed by atoms with Gasteiger partial charge in [-0.05, 0) is 42.7 Å². The lowest BCUT2D eigenvalue weighted by Crippen LogP contribution is -2.73. The van der Waals surface area contributed by atoms with Crippen LogP contribution in [-0.4, -0.2) is 84.0 Å². The van der Waals surface area contributed by atoms with Crippen LogP contribution in [0.15, 0.2) is 24.3 Å². The van der Waals surface area contributed by atoms with Gasteiger partial charge in [0.1, 0.15) is 11.6 Å². The molecule has 4 aliphatic rings. The molecule has 210 valence electrons. The first-order valence-corrected chi connectivity index (χ1v) is 15.3. The number of rotatable bonds is 9. The molecule has 0 bridgehead atoms. The van der Waals surface area contributed by atoms with E-state index < -0.39 is 5.54 Å². The van der Waals surface area contributed by atoms with Crippen LogP contribution in [0.2, 0.25) is 0 Å². The second-order valence-electron chi connectivity index (χ2n) is 12.1. The first-order valence-electron chi connectivity index (χ1n) is 15.3. The number of amides is 2. The molecule has 1 spiro atoms. The van der Waals surface area contributed by atoms with Gasteiger partial charge in [0, 0.05) is 45.8 Å². The minimum atomic E-state index is -0.673. The van der Waals surface area contributed by atoms with Crippen LogP contribution in [0, 0.1) is 5.92 Å². The van der Waals surface area contributed by atoms with Gasteiger partial charge >= 0.3 is 0 Å². The first kappa shape index (κ1) is 27.6. The van der Waals surface area contributed by atoms with E-state index in [2.05, 4.69) is 46.3 Å². The lowest BCUT2D eigenvalue weighted by molar-refractivity contribution is -0.162. The van der Waals surface area contributed by atoms with E-state index in [4.69, 9.17) is 4.74 Å². The molecule has 1 aliphatic carbocycles. The Hall–Kier alpha value is -1.96. The summed E-state index contributed by atoms with van der Waals surface area (Å²) in [6.07, 6.45) is 10.5. The Labute approximate surface area is 229 Å². The average molecular weight is 525 g/mol. The molecule has 3 heterocycles. The van der Waals surface area contributed by atoms with Gasteiger partial charge in [0.2, 0.25) is 11.8 Å². The maximum absolute atomic E-state index is 13.8. The summed E-state index contributed by atoms with van der Waals surface area (Å²) in [7, 11) is 0. The number of carbonyl (C=O) groups is 2. The van der Waals surface area contributed by atoms with Crippen molar-refractivity contribution in [1.29, 1.82) is 0 Å². The van der Waals surface area contributed by atoms with E-state index in [1.54, 1.807) is 0 Å². The number of benzene rings is 1. The number of piperidine rings is 1. The fraction of sp³-hybridized carbons (Fsp3) is 0.742. The summed E-state index contributed by atoms with van der Waals surface area (Å²) >= 11 is 0. The molecule has 3 saturated heterocycles. The minimum Gasteiger partial charge on any atom is -0.379 e. The summed E-state index contributed by atoms with van der Waals surface area (Å²) in [4.78, 5) is 34.3. The minimum absolute atomic E-state index is 0.0983. The molecule has 1 N–H and O–H groups in total. The van der Waals surface area contributed by atoms with E-state index in [9.17, 15) is 9.59 Å². The number of likely N-dealkylation sites (tertiary alicyclic amines) is 1. The molecule has 1 saturated carbocycles. The zero-order valence-corrected chi connectivity index (χ0v) is 23.5. The summed E-state index contributed by atoms with van der Waals surface area (Å²) in [5, 5.41) is 3.22. The Morgan fingerprint density at radius 1 is 0.895 bits per heavy atom. The Morgan fingerprint density at radius 2 is 1.50 bits per heavy atom. The van der Waals surface area contributed by atoms with Gasteiger partial charge in [-0.2, -0.15) is 0 Å². The van der Waals surface area contributed by atoms with Gasteiger partial charge in [-0.25, -0.2) is 0 Å². The lowest BCUT2D eigenvalue weighted by Gasteiger charge is -2.52. The molecule has 2 amide bonds. The van der Waals surface area contributed by atoms with E-state index in [1.807, 2.05) is 4.90 Å². The molecule has 0 aromatic heterocycles. The van der Waals surface area contributed by atoms with Crippen molar-refractivity contribution < 1.29 is 14.3 Å². The molecule has 38 heavy (non-hydrogen) atoms. The fourth-order valence-electron chi connectivity index (χ4n) is 7.04. The highest BCUT2D eigenvalue weighted by Crippen LogP contribution is 2.36. The lowest BCUT2D eigenvalue weighted by atomic mass is 9.79. The van der Waals surface area contributed by atoms with Crippen LogP contribution < -0.4 is 5.32 Å². The topological polar surface area (TPSA) is 65.1 Å². The Bertz CT molecular complexity index is 916. The number of hydrogen-bond acceptors (Lipinski definition) is 5. The second-order valence-corrected chi connectivity index (χ2v) is 12.1. The molecular formula is C31H48N4O3. The Morgan fingerprint density at radius 3 is 2.11 bits per heavy atom. The number of nitrogens with one attached hydrogen (secondary N) is 1. The van der Waals surface area contributed by atoms with Crippen molar-refractivity contribution in [1.82, 2.24) is 20.0 Å². The predicted molar refractivity (Wildman–Crippen MR) is 150 cm³/mol. The summed E-state index contributed by atoms with van der Waals surface area (Å²) in [5.74, 6) is 0.844. The maximum atomic E-state index is 13.8. The van der Waals surface area contributed by atoms with E-state index in [0.717, 1.165) is 84.6 Å². The third-order valence-corrected chi connectivity index (χ3v) is 9.46. The van der Waals surface area contributed by atoms with Gasteiger partial charge in [0.25, 0.3) is 0 Å². The standard InChI is InChI=1S/C31H48N4O3/c1-2-3-15-35-29(36)28(22-25-7-5-4-6-8-25)32-30(37)31(35)13-16-33(17-14-31)23-26-9-11-27(12-10-26)24-34-18-20-38-21-19-34/h9-12,25,28H,2-8,13-24H2,1H3,(H,32,37). The zero-order valence-electron chi connectivity index (χ0n) is 23.5. The third-order valence-electron chi connectivity index (χ3n) is 9.46. The van der Waals surface area contributed by atoms with Crippen LogP contribution in [0.4, 0.5) is 0 Å². The van der Waals surface area contributed by atoms with E-state index in [-0.39, 0.29) is 17.9 Å². The molecule has 7 heteroatoms. The summed E-state index contributed by atoms with van der Waals surface area (Å²) in [5.41, 5.74) is 1.99. The normalized spacial score (nSPS) is 25.6. The number of morpholine rings is 1. The van der Waals surface area contributed by atoms with Crippen molar-refractivity contribution in [2.75, 3.05) is 45.9 Å². The molecule has 1 unspecified atom stereocenters. The number of unbranched alkanes of at least 4 members (excludes halogenated alkanes) is 1. The van der Waals surface area contributed by atoms with Crippen LogP contribution in [0.25, 0.3) is 0 Å². The number of ether oxygens (including phenoxy) is 1. The van der Waals surface area contributed by atoms with E-state index >= 15 is 0 Å². The molecular weight excluding hydrogens is 476 g/mol. The highest BCUT2D eigenvalue weighted by Gasteiger charge is 2.53. The highest BCUT2D eigenvalue weighted by atomic mass is 16.5. The van der Waals surface area contributed by atoms with Gasteiger partial charge in [0.15, 0.2) is 0 Å². The monoisotopic (exact) mass is 524 g/mol. The van der Waals surface area contributed by atoms with Crippen LogP contribution in [0.3, 0.4) is 0 Å². The van der Waals surface area contributed by atoms with Crippen molar-refractivity contribution in [2.45, 2.75) is 95.8 Å². The van der Waals surface area contributed by atoms with Crippen LogP contribution in [0.1, 0.15) is 82.3 Å². The maximum Gasteiger partial charge on any atom is 0.246 e. The van der Waals surface area contributed by atoms with Crippen LogP contribution >= 0.6 is 0 Å². The Kier molecular flexibility index (Phi) is 9.39. The van der Waals surface area contributed by atoms with Crippen molar-refractivity contribution in [3.05, 3.63) is 35.4 Å². The largest absolute Gasteiger partial charge is 0.379 e. The molecule has 3 aliphatic heterocycles. The van der Waals surface area contributed by atoms with Gasteiger partial charge in [-0.3, -0.25) is 19.4 Å². The number of hydrogen-bond donors (Lipinski definition) is 1. The average Bonchev–Trinajstić information content (AvgIpc) is 2.95. The quantitative estimate of drug-likeness (QED) is 0.530. The van der Waals surface area contributed by atoms with Crippen molar-refractivity contribution in [2.24, 2.45) is 5.92 Å². The van der Waals surface area contributed by atoms with Gasteiger partial charge in [-0.1, -0.05) is 69.7 Å². The number of nitrogens with zero attached hydrogens (tertiary/aromatic N) is 3. The highest BCUT2D eigenvalue weighted by molar-refractivity contribution is 6.00. The molecule has 1 atom stereocenters. The molecule has 5 rings (SSSR count). The van der Waals surface area contributed by atoms with E-state index in [0.29, 0.717) is 12.5 Å². The van der Waals surface area contributed by atoms with Crippen LogP contribution in [0.5, 0.6) is 0 Å². The van der Waals surface area contributed by atoms with Crippen LogP contribution in [-0.2, 0) is 27.4 Å². The first-order chi connectivity index (χ1) is 18.6. The summed E-state index contributed by atoms with van der Waals surface area (Å²) in [6.45, 7) is 10.1. The van der Waals surface area contributed by atoms with Gasteiger partial charge in [0.05, 0.1) is 13.2 Å². The predicted octanol–water partition coefficient (Wildman–Crippen LogP) is 3.95. The molecule has 4 fully saturated rings. The van der Waals surface area contributed by atoms with Crippen molar-refractivity contribution >= 4 is 11.8 Å². The molecule has 7 nitrogen and oxygen atoms in total. The fourth-order valence-corrected chi connectivity index (χ4v) is 7.04. The van der Waals surface area contributed by atoms with Gasteiger partial charge in [-0.15, -0.1) is 0 Å². The third kappa shape index (κ3) is 6.43. The Balaban J connectivity index is 1.18. The SMILES string of the molecule is CCCCN1C(=O)C(CC2CCCCC2)NC(=O)C12CCN(Cc1ccc(CN3CCOCC3)cc1)CC2. The molecule has 1 aromatic rings. The molecule has 0 radical (unpaired) electrons. The zero-order chi connectivity index (χ0) is 26.4. The number of piperazine rings is 1.